The first-order chi connectivity index (χ1) is 11.0. The predicted molar refractivity (Wildman–Crippen MR) is 89.5 cm³/mol. The molecule has 23 heavy (non-hydrogen) atoms. The van der Waals surface area contributed by atoms with E-state index in [0.717, 1.165) is 5.56 Å². The largest absolute Gasteiger partial charge is 0.320 e. The SMILES string of the molecule is N#CC(=Cc1ccccc1)C(=O)Nc1ccc([N+](=O)[O-])cc1Br. The fraction of sp³-hybridized carbons (Fsp3) is 0. The first-order valence-electron chi connectivity index (χ1n) is 6.43. The lowest BCUT2D eigenvalue weighted by atomic mass is 10.1. The van der Waals surface area contributed by atoms with Crippen molar-refractivity contribution in [1.82, 2.24) is 0 Å². The van der Waals surface area contributed by atoms with E-state index in [1.54, 1.807) is 24.3 Å². The van der Waals surface area contributed by atoms with Crippen molar-refractivity contribution in [2.45, 2.75) is 0 Å². The predicted octanol–water partition coefficient (Wildman–Crippen LogP) is 3.90. The average molecular weight is 372 g/mol. The van der Waals surface area contributed by atoms with Gasteiger partial charge in [-0.25, -0.2) is 0 Å². The molecule has 0 aliphatic carbocycles. The quantitative estimate of drug-likeness (QED) is 0.381. The van der Waals surface area contributed by atoms with Gasteiger partial charge in [-0.05, 0) is 33.6 Å². The van der Waals surface area contributed by atoms with Crippen LogP contribution in [0.5, 0.6) is 0 Å². The number of hydrogen-bond donors (Lipinski definition) is 1. The zero-order chi connectivity index (χ0) is 16.8. The molecule has 0 aromatic heterocycles. The molecule has 114 valence electrons. The van der Waals surface area contributed by atoms with Crippen molar-refractivity contribution < 1.29 is 9.72 Å². The third-order valence-corrected chi connectivity index (χ3v) is 3.54. The molecule has 0 radical (unpaired) electrons. The van der Waals surface area contributed by atoms with Crippen molar-refractivity contribution in [3.8, 4) is 6.07 Å². The van der Waals surface area contributed by atoms with Gasteiger partial charge in [0.05, 0.1) is 10.6 Å². The summed E-state index contributed by atoms with van der Waals surface area (Å²) in [5, 5.41) is 22.4. The summed E-state index contributed by atoms with van der Waals surface area (Å²) in [6.07, 6.45) is 1.47. The molecule has 2 aromatic carbocycles. The first-order valence-corrected chi connectivity index (χ1v) is 7.22. The van der Waals surface area contributed by atoms with E-state index in [-0.39, 0.29) is 11.3 Å². The second-order valence-corrected chi connectivity index (χ2v) is 5.31. The summed E-state index contributed by atoms with van der Waals surface area (Å²) in [5.41, 5.74) is 0.897. The molecule has 0 saturated heterocycles. The van der Waals surface area contributed by atoms with Gasteiger partial charge in [0, 0.05) is 16.6 Å². The van der Waals surface area contributed by atoms with Crippen LogP contribution < -0.4 is 5.32 Å². The number of halogens is 1. The minimum atomic E-state index is -0.592. The Morgan fingerprint density at radius 2 is 1.96 bits per heavy atom. The van der Waals surface area contributed by atoms with E-state index in [9.17, 15) is 14.9 Å². The highest BCUT2D eigenvalue weighted by Gasteiger charge is 2.14. The van der Waals surface area contributed by atoms with Crippen molar-refractivity contribution in [3.63, 3.8) is 0 Å². The smallest absolute Gasteiger partial charge is 0.270 e. The summed E-state index contributed by atoms with van der Waals surface area (Å²) in [4.78, 5) is 22.3. The molecule has 0 unspecified atom stereocenters. The van der Waals surface area contributed by atoms with Gasteiger partial charge in [-0.1, -0.05) is 30.3 Å². The highest BCUT2D eigenvalue weighted by Crippen LogP contribution is 2.27. The van der Waals surface area contributed by atoms with Crippen molar-refractivity contribution in [2.24, 2.45) is 0 Å². The number of benzene rings is 2. The molecule has 0 aliphatic rings. The van der Waals surface area contributed by atoms with Crippen molar-refractivity contribution in [2.75, 3.05) is 5.32 Å². The van der Waals surface area contributed by atoms with Crippen LogP contribution in [0.2, 0.25) is 0 Å². The molecule has 0 fully saturated rings. The van der Waals surface area contributed by atoms with E-state index in [1.165, 1.54) is 24.3 Å². The summed E-state index contributed by atoms with van der Waals surface area (Å²) < 4.78 is 0.358. The maximum Gasteiger partial charge on any atom is 0.270 e. The summed E-state index contributed by atoms with van der Waals surface area (Å²) in [5.74, 6) is -0.592. The van der Waals surface area contributed by atoms with Gasteiger partial charge in [0.1, 0.15) is 11.6 Å². The van der Waals surface area contributed by atoms with Crippen LogP contribution in [0.4, 0.5) is 11.4 Å². The molecule has 0 bridgehead atoms. The van der Waals surface area contributed by atoms with Gasteiger partial charge in [-0.3, -0.25) is 14.9 Å². The standard InChI is InChI=1S/C16H10BrN3O3/c17-14-9-13(20(22)23)6-7-15(14)19-16(21)12(10-18)8-11-4-2-1-3-5-11/h1-9H,(H,19,21). The van der Waals surface area contributed by atoms with Gasteiger partial charge in [0.15, 0.2) is 0 Å². The van der Waals surface area contributed by atoms with Gasteiger partial charge in [0.2, 0.25) is 0 Å². The number of non-ortho nitro benzene ring substituents is 1. The normalized spacial score (nSPS) is 10.7. The fourth-order valence-corrected chi connectivity index (χ4v) is 2.24. The maximum absolute atomic E-state index is 12.2. The van der Waals surface area contributed by atoms with Crippen molar-refractivity contribution in [1.29, 1.82) is 5.26 Å². The molecule has 2 aromatic rings. The Kier molecular flexibility index (Phi) is 5.23. The maximum atomic E-state index is 12.2. The van der Waals surface area contributed by atoms with Gasteiger partial charge < -0.3 is 5.32 Å². The number of nitro groups is 1. The molecule has 2 rings (SSSR count). The van der Waals surface area contributed by atoms with Crippen LogP contribution in [0.15, 0.2) is 58.6 Å². The number of nitriles is 1. The average Bonchev–Trinajstić information content (AvgIpc) is 2.55. The number of carbonyl (C=O) groups excluding carboxylic acids is 1. The Morgan fingerprint density at radius 1 is 1.26 bits per heavy atom. The number of rotatable bonds is 4. The van der Waals surface area contributed by atoms with Crippen LogP contribution in [0.1, 0.15) is 5.56 Å². The summed E-state index contributed by atoms with van der Waals surface area (Å²) in [7, 11) is 0. The van der Waals surface area contributed by atoms with Gasteiger partial charge in [-0.15, -0.1) is 0 Å². The number of amides is 1. The number of nitrogens with one attached hydrogen (secondary N) is 1. The van der Waals surface area contributed by atoms with Crippen molar-refractivity contribution in [3.05, 3.63) is 74.3 Å². The minimum Gasteiger partial charge on any atom is -0.320 e. The molecule has 0 atom stereocenters. The fourth-order valence-electron chi connectivity index (χ4n) is 1.77. The van der Waals surface area contributed by atoms with Crippen molar-refractivity contribution >= 4 is 39.3 Å². The molecule has 0 aliphatic heterocycles. The van der Waals surface area contributed by atoms with Crippen LogP contribution in [-0.2, 0) is 4.79 Å². The second-order valence-electron chi connectivity index (χ2n) is 4.46. The minimum absolute atomic E-state index is 0.0681. The van der Waals surface area contributed by atoms with E-state index >= 15 is 0 Å². The topological polar surface area (TPSA) is 96.0 Å². The lowest BCUT2D eigenvalue weighted by Crippen LogP contribution is -2.13. The second kappa shape index (κ2) is 7.33. The third-order valence-electron chi connectivity index (χ3n) is 2.89. The monoisotopic (exact) mass is 371 g/mol. The highest BCUT2D eigenvalue weighted by molar-refractivity contribution is 9.10. The number of nitrogens with zero attached hydrogens (tertiary/aromatic N) is 2. The van der Waals surface area contributed by atoms with E-state index in [1.807, 2.05) is 12.1 Å². The Bertz CT molecular complexity index is 826. The molecule has 0 heterocycles. The Balaban J connectivity index is 2.22. The van der Waals surface area contributed by atoms with Crippen LogP contribution in [0.3, 0.4) is 0 Å². The third kappa shape index (κ3) is 4.25. The molecule has 0 spiro atoms. The van der Waals surface area contributed by atoms with Crippen LogP contribution in [0, 0.1) is 21.4 Å². The van der Waals surface area contributed by atoms with Crippen LogP contribution in [0.25, 0.3) is 6.08 Å². The molecule has 1 N–H and O–H groups in total. The van der Waals surface area contributed by atoms with Crippen LogP contribution >= 0.6 is 15.9 Å². The highest BCUT2D eigenvalue weighted by atomic mass is 79.9. The Morgan fingerprint density at radius 3 is 2.52 bits per heavy atom. The molecule has 6 nitrogen and oxygen atoms in total. The number of anilines is 1. The number of hydrogen-bond acceptors (Lipinski definition) is 4. The lowest BCUT2D eigenvalue weighted by molar-refractivity contribution is -0.384. The summed E-state index contributed by atoms with van der Waals surface area (Å²) in [6, 6.07) is 14.8. The number of nitro benzene ring substituents is 1. The van der Waals surface area contributed by atoms with E-state index in [2.05, 4.69) is 21.2 Å². The lowest BCUT2D eigenvalue weighted by Gasteiger charge is -2.06. The zero-order valence-electron chi connectivity index (χ0n) is 11.7. The summed E-state index contributed by atoms with van der Waals surface area (Å²) in [6.45, 7) is 0. The van der Waals surface area contributed by atoms with Crippen LogP contribution in [-0.4, -0.2) is 10.8 Å². The van der Waals surface area contributed by atoms with E-state index in [0.29, 0.717) is 10.2 Å². The molecule has 1 amide bonds. The molecular weight excluding hydrogens is 362 g/mol. The van der Waals surface area contributed by atoms with E-state index < -0.39 is 10.8 Å². The Labute approximate surface area is 140 Å². The number of carbonyl (C=O) groups is 1. The zero-order valence-corrected chi connectivity index (χ0v) is 13.3. The van der Waals surface area contributed by atoms with Gasteiger partial charge >= 0.3 is 0 Å². The molecular formula is C16H10BrN3O3. The Hall–Kier alpha value is -2.98. The van der Waals surface area contributed by atoms with Gasteiger partial charge in [0.25, 0.3) is 11.6 Å². The molecule has 7 heteroatoms. The van der Waals surface area contributed by atoms with E-state index in [4.69, 9.17) is 5.26 Å². The first kappa shape index (κ1) is 16.4. The molecule has 0 saturated carbocycles. The summed E-state index contributed by atoms with van der Waals surface area (Å²) >= 11 is 3.16. The van der Waals surface area contributed by atoms with Gasteiger partial charge in [-0.2, -0.15) is 5.26 Å².